The van der Waals surface area contributed by atoms with Crippen molar-refractivity contribution in [1.82, 2.24) is 0 Å². The minimum atomic E-state index is 0. The first kappa shape index (κ1) is 23.3. The third kappa shape index (κ3) is 4.77. The summed E-state index contributed by atoms with van der Waals surface area (Å²) < 4.78 is 0. The largest absolute Gasteiger partial charge is 4.00 e. The van der Waals surface area contributed by atoms with Crippen LogP contribution in [0.1, 0.15) is 25.0 Å². The molecule has 0 N–H and O–H groups in total. The SMILES string of the molecule is CCN1Cc2[c-]c(ccc2)-c2ccccc2N(CC)Cc2[c-]c(ccc2)-c2ccccc21.[Pt+4]. The number of nitrogens with zero attached hydrogens (tertiary/aromatic N) is 2. The molecule has 1 heterocycles. The molecule has 0 saturated heterocycles. The van der Waals surface area contributed by atoms with E-state index in [0.717, 1.165) is 37.3 Å². The number of benzene rings is 4. The van der Waals surface area contributed by atoms with Gasteiger partial charge in [0.05, 0.1) is 0 Å². The van der Waals surface area contributed by atoms with Crippen molar-refractivity contribution in [2.45, 2.75) is 26.9 Å². The average Bonchev–Trinajstić information content (AvgIpc) is 2.86. The van der Waals surface area contributed by atoms with Gasteiger partial charge in [-0.15, -0.1) is 70.8 Å². The van der Waals surface area contributed by atoms with Crippen LogP contribution < -0.4 is 9.80 Å². The van der Waals surface area contributed by atoms with Crippen LogP contribution in [0.15, 0.2) is 84.9 Å². The third-order valence-corrected chi connectivity index (χ3v) is 6.27. The molecular formula is C30H28N2Pt+2. The van der Waals surface area contributed by atoms with Crippen molar-refractivity contribution in [2.75, 3.05) is 22.9 Å². The number of anilines is 2. The standard InChI is InChI=1S/C30H28N2.Pt/c1-3-31-21-23-11-9-14-26(19-23)28-16-6-8-18-30(28)32(4-2)22-24-12-10-13-25(20-24)27-15-5-7-17-29(27)31;/h5-18H,3-4,21-22H2,1-2H3;/q-2;+4. The van der Waals surface area contributed by atoms with Crippen molar-refractivity contribution < 1.29 is 21.1 Å². The maximum atomic E-state index is 3.73. The van der Waals surface area contributed by atoms with E-state index in [9.17, 15) is 0 Å². The van der Waals surface area contributed by atoms with Crippen LogP contribution in [0, 0.1) is 12.1 Å². The maximum absolute atomic E-state index is 3.73. The molecule has 0 unspecified atom stereocenters. The van der Waals surface area contributed by atoms with E-state index in [1.54, 1.807) is 0 Å². The Morgan fingerprint density at radius 1 is 0.576 bits per heavy atom. The van der Waals surface area contributed by atoms with Crippen molar-refractivity contribution >= 4 is 11.4 Å². The summed E-state index contributed by atoms with van der Waals surface area (Å²) in [5.41, 5.74) is 9.64. The Balaban J connectivity index is 0.00000259. The fraction of sp³-hybridized carbons (Fsp3) is 0.200. The minimum Gasteiger partial charge on any atom is -0.376 e. The van der Waals surface area contributed by atoms with E-state index >= 15 is 0 Å². The third-order valence-electron chi connectivity index (χ3n) is 6.27. The summed E-state index contributed by atoms with van der Waals surface area (Å²) in [7, 11) is 0. The Morgan fingerprint density at radius 2 is 1.00 bits per heavy atom. The number of rotatable bonds is 2. The van der Waals surface area contributed by atoms with Crippen molar-refractivity contribution in [2.24, 2.45) is 0 Å². The van der Waals surface area contributed by atoms with Crippen LogP contribution in [-0.2, 0) is 34.2 Å². The Hall–Kier alpha value is -2.83. The zero-order chi connectivity index (χ0) is 21.9. The van der Waals surface area contributed by atoms with Gasteiger partial charge in [0.1, 0.15) is 0 Å². The van der Waals surface area contributed by atoms with Gasteiger partial charge in [0, 0.05) is 37.6 Å². The zero-order valence-electron chi connectivity index (χ0n) is 19.1. The number of hydrogen-bond acceptors (Lipinski definition) is 2. The van der Waals surface area contributed by atoms with Crippen LogP contribution in [0.2, 0.25) is 0 Å². The molecule has 2 nitrogen and oxygen atoms in total. The molecule has 1 aliphatic rings. The predicted octanol–water partition coefficient (Wildman–Crippen LogP) is 6.98. The molecule has 4 aromatic rings. The van der Waals surface area contributed by atoms with E-state index in [-0.39, 0.29) is 21.1 Å². The fourth-order valence-electron chi connectivity index (χ4n) is 4.63. The van der Waals surface area contributed by atoms with Crippen molar-refractivity contribution in [1.29, 1.82) is 0 Å². The molecule has 0 spiro atoms. The van der Waals surface area contributed by atoms with E-state index in [1.165, 1.54) is 33.6 Å². The predicted molar refractivity (Wildman–Crippen MR) is 135 cm³/mol. The first-order valence-electron chi connectivity index (χ1n) is 11.5. The number of fused-ring (bicyclic) bond motifs is 8. The zero-order valence-corrected chi connectivity index (χ0v) is 21.4. The van der Waals surface area contributed by atoms with Gasteiger partial charge in [-0.1, -0.05) is 47.5 Å². The quantitative estimate of drug-likeness (QED) is 0.226. The summed E-state index contributed by atoms with van der Waals surface area (Å²) in [6.45, 7) is 7.93. The van der Waals surface area contributed by atoms with Crippen molar-refractivity contribution in [3.63, 3.8) is 0 Å². The molecule has 33 heavy (non-hydrogen) atoms. The molecule has 0 amide bonds. The van der Waals surface area contributed by atoms with Gasteiger partial charge in [-0.05, 0) is 26.0 Å². The number of hydrogen-bond donors (Lipinski definition) is 0. The second-order valence-electron chi connectivity index (χ2n) is 8.24. The van der Waals surface area contributed by atoms with Crippen LogP contribution >= 0.6 is 0 Å². The van der Waals surface area contributed by atoms with Gasteiger partial charge in [-0.3, -0.25) is 0 Å². The topological polar surface area (TPSA) is 6.48 Å². The molecule has 0 atom stereocenters. The van der Waals surface area contributed by atoms with E-state index in [1.807, 2.05) is 0 Å². The molecule has 0 aliphatic carbocycles. The summed E-state index contributed by atoms with van der Waals surface area (Å²) in [6.07, 6.45) is 0. The molecule has 0 radical (unpaired) electrons. The van der Waals surface area contributed by atoms with Crippen LogP contribution in [0.3, 0.4) is 0 Å². The minimum absolute atomic E-state index is 0. The van der Waals surface area contributed by atoms with E-state index < -0.39 is 0 Å². The Kier molecular flexibility index (Phi) is 7.35. The van der Waals surface area contributed by atoms with Crippen LogP contribution in [0.5, 0.6) is 0 Å². The first-order chi connectivity index (χ1) is 15.8. The molecule has 4 bridgehead atoms. The Labute approximate surface area is 212 Å². The molecule has 3 heteroatoms. The maximum Gasteiger partial charge on any atom is 4.00 e. The number of para-hydroxylation sites is 2. The summed E-state index contributed by atoms with van der Waals surface area (Å²) >= 11 is 0. The van der Waals surface area contributed by atoms with Gasteiger partial charge in [0.15, 0.2) is 0 Å². The van der Waals surface area contributed by atoms with Gasteiger partial charge >= 0.3 is 21.1 Å². The van der Waals surface area contributed by atoms with Gasteiger partial charge in [0.25, 0.3) is 0 Å². The second kappa shape index (κ2) is 10.4. The summed E-state index contributed by atoms with van der Waals surface area (Å²) in [6, 6.07) is 37.9. The van der Waals surface area contributed by atoms with Crippen molar-refractivity contribution in [3.05, 3.63) is 108 Å². The Morgan fingerprint density at radius 3 is 1.42 bits per heavy atom. The normalized spacial score (nSPS) is 12.8. The van der Waals surface area contributed by atoms with Crippen LogP contribution in [0.25, 0.3) is 22.3 Å². The van der Waals surface area contributed by atoms with E-state index in [0.29, 0.717) is 0 Å². The molecule has 0 saturated carbocycles. The van der Waals surface area contributed by atoms with Gasteiger partial charge in [-0.2, -0.15) is 0 Å². The molecule has 166 valence electrons. The van der Waals surface area contributed by atoms with Gasteiger partial charge in [0.2, 0.25) is 0 Å². The summed E-state index contributed by atoms with van der Waals surface area (Å²) in [5, 5.41) is 0. The summed E-state index contributed by atoms with van der Waals surface area (Å²) in [4.78, 5) is 4.86. The molecule has 4 aromatic carbocycles. The van der Waals surface area contributed by atoms with E-state index in [2.05, 4.69) is 121 Å². The van der Waals surface area contributed by atoms with Crippen LogP contribution in [-0.4, -0.2) is 13.1 Å². The molecular weight excluding hydrogens is 583 g/mol. The molecule has 0 fully saturated rings. The molecule has 0 aromatic heterocycles. The van der Waals surface area contributed by atoms with Crippen LogP contribution in [0.4, 0.5) is 11.4 Å². The van der Waals surface area contributed by atoms with E-state index in [4.69, 9.17) is 0 Å². The average molecular weight is 612 g/mol. The van der Waals surface area contributed by atoms with Gasteiger partial charge in [-0.25, -0.2) is 0 Å². The molecule has 1 aliphatic heterocycles. The van der Waals surface area contributed by atoms with Crippen molar-refractivity contribution in [3.8, 4) is 22.3 Å². The molecule has 5 rings (SSSR count). The fourth-order valence-corrected chi connectivity index (χ4v) is 4.63. The van der Waals surface area contributed by atoms with Gasteiger partial charge < -0.3 is 9.80 Å². The summed E-state index contributed by atoms with van der Waals surface area (Å²) in [5.74, 6) is 0. The monoisotopic (exact) mass is 611 g/mol. The Bertz CT molecular complexity index is 1140. The second-order valence-corrected chi connectivity index (χ2v) is 8.24. The smallest absolute Gasteiger partial charge is 0.376 e. The first-order valence-corrected chi connectivity index (χ1v) is 11.5.